The van der Waals surface area contributed by atoms with Crippen molar-refractivity contribution in [3.63, 3.8) is 0 Å². The molecule has 0 aliphatic carbocycles. The van der Waals surface area contributed by atoms with E-state index in [1.54, 1.807) is 19.2 Å². The molecule has 0 radical (unpaired) electrons. The Morgan fingerprint density at radius 1 is 1.28 bits per heavy atom. The number of nitrogens with one attached hydrogen (secondary N) is 2. The normalized spacial score (nSPS) is 14.9. The van der Waals surface area contributed by atoms with Gasteiger partial charge in [-0.1, -0.05) is 0 Å². The Kier molecular flexibility index (Phi) is 7.94. The Morgan fingerprint density at radius 3 is 2.56 bits per heavy atom. The first kappa shape index (κ1) is 19.5. The molecule has 0 saturated carbocycles. The van der Waals surface area contributed by atoms with Crippen molar-refractivity contribution < 1.29 is 14.3 Å². The number of thiocarbonyl (C=S) groups is 1. The van der Waals surface area contributed by atoms with Gasteiger partial charge in [-0.3, -0.25) is 4.79 Å². The van der Waals surface area contributed by atoms with Crippen molar-refractivity contribution in [1.29, 1.82) is 0 Å². The van der Waals surface area contributed by atoms with Crippen molar-refractivity contribution >= 4 is 23.2 Å². The van der Waals surface area contributed by atoms with E-state index in [2.05, 4.69) is 15.5 Å². The van der Waals surface area contributed by atoms with E-state index in [-0.39, 0.29) is 11.9 Å². The molecule has 6 nitrogen and oxygen atoms in total. The Bertz CT molecular complexity index is 557. The van der Waals surface area contributed by atoms with Gasteiger partial charge >= 0.3 is 0 Å². The summed E-state index contributed by atoms with van der Waals surface area (Å²) in [5.74, 6) is 0.740. The highest BCUT2D eigenvalue weighted by Gasteiger charge is 2.22. The second-order valence-electron chi connectivity index (χ2n) is 5.92. The van der Waals surface area contributed by atoms with Crippen molar-refractivity contribution in [3.8, 4) is 5.75 Å². The fraction of sp³-hybridized carbons (Fsp3) is 0.556. The molecule has 1 aliphatic heterocycles. The van der Waals surface area contributed by atoms with Crippen LogP contribution in [-0.4, -0.2) is 61.9 Å². The molecule has 7 heteroatoms. The van der Waals surface area contributed by atoms with Crippen LogP contribution in [0.1, 0.15) is 30.1 Å². The molecule has 1 saturated heterocycles. The molecule has 0 atom stereocenters. The highest BCUT2D eigenvalue weighted by atomic mass is 32.1. The van der Waals surface area contributed by atoms with Gasteiger partial charge in [-0.25, -0.2) is 0 Å². The van der Waals surface area contributed by atoms with Gasteiger partial charge in [0.25, 0.3) is 5.91 Å². The van der Waals surface area contributed by atoms with Crippen LogP contribution >= 0.6 is 12.2 Å². The van der Waals surface area contributed by atoms with E-state index in [1.807, 2.05) is 19.1 Å². The molecule has 2 N–H and O–H groups in total. The standard InChI is InChI=1S/C18H27N3O3S/c1-3-24-16-6-4-14(5-7-16)17(22)20-15-8-11-21(12-9-15)18(25)19-10-13-23-2/h4-7,15H,3,8-13H2,1-2H3,(H,19,25)(H,20,22). The molecule has 138 valence electrons. The first-order valence-corrected chi connectivity index (χ1v) is 9.10. The molecule has 1 fully saturated rings. The van der Waals surface area contributed by atoms with E-state index >= 15 is 0 Å². The van der Waals surface area contributed by atoms with Gasteiger partial charge in [-0.05, 0) is 56.2 Å². The van der Waals surface area contributed by atoms with Crippen molar-refractivity contribution in [2.75, 3.05) is 40.0 Å². The van der Waals surface area contributed by atoms with E-state index in [0.29, 0.717) is 25.3 Å². The third kappa shape index (κ3) is 6.17. The van der Waals surface area contributed by atoms with E-state index in [1.165, 1.54) is 0 Å². The Labute approximate surface area is 154 Å². The third-order valence-electron chi connectivity index (χ3n) is 4.13. The number of carbonyl (C=O) groups is 1. The number of amides is 1. The number of nitrogens with zero attached hydrogens (tertiary/aromatic N) is 1. The predicted molar refractivity (Wildman–Crippen MR) is 102 cm³/mol. The average Bonchev–Trinajstić information content (AvgIpc) is 2.63. The summed E-state index contributed by atoms with van der Waals surface area (Å²) in [5, 5.41) is 7.05. The summed E-state index contributed by atoms with van der Waals surface area (Å²) in [4.78, 5) is 14.5. The minimum atomic E-state index is -0.0395. The minimum absolute atomic E-state index is 0.0395. The summed E-state index contributed by atoms with van der Waals surface area (Å²) in [6.07, 6.45) is 1.77. The lowest BCUT2D eigenvalue weighted by Crippen LogP contribution is -2.49. The predicted octanol–water partition coefficient (Wildman–Crippen LogP) is 1.80. The summed E-state index contributed by atoms with van der Waals surface area (Å²) >= 11 is 5.38. The van der Waals surface area contributed by atoms with E-state index in [4.69, 9.17) is 21.7 Å². The zero-order valence-corrected chi connectivity index (χ0v) is 15.7. The molecule has 0 spiro atoms. The highest BCUT2D eigenvalue weighted by molar-refractivity contribution is 7.80. The average molecular weight is 365 g/mol. The lowest BCUT2D eigenvalue weighted by Gasteiger charge is -2.34. The lowest BCUT2D eigenvalue weighted by atomic mass is 10.0. The van der Waals surface area contributed by atoms with Crippen molar-refractivity contribution in [3.05, 3.63) is 29.8 Å². The maximum absolute atomic E-state index is 12.4. The second-order valence-corrected chi connectivity index (χ2v) is 6.30. The molecule has 1 amide bonds. The smallest absolute Gasteiger partial charge is 0.251 e. The van der Waals surface area contributed by atoms with E-state index in [0.717, 1.165) is 36.8 Å². The molecule has 0 aromatic heterocycles. The molecular weight excluding hydrogens is 338 g/mol. The fourth-order valence-corrected chi connectivity index (χ4v) is 3.02. The topological polar surface area (TPSA) is 62.8 Å². The quantitative estimate of drug-likeness (QED) is 0.568. The molecule has 1 aliphatic rings. The summed E-state index contributed by atoms with van der Waals surface area (Å²) in [6, 6.07) is 7.42. The van der Waals surface area contributed by atoms with E-state index in [9.17, 15) is 4.79 Å². The van der Waals surface area contributed by atoms with Gasteiger partial charge in [-0.15, -0.1) is 0 Å². The minimum Gasteiger partial charge on any atom is -0.494 e. The number of benzene rings is 1. The van der Waals surface area contributed by atoms with Gasteiger partial charge in [0.1, 0.15) is 5.75 Å². The molecule has 0 bridgehead atoms. The fourth-order valence-electron chi connectivity index (χ4n) is 2.74. The zero-order chi connectivity index (χ0) is 18.1. The van der Waals surface area contributed by atoms with Gasteiger partial charge in [0.15, 0.2) is 5.11 Å². The van der Waals surface area contributed by atoms with Crippen molar-refractivity contribution in [2.45, 2.75) is 25.8 Å². The van der Waals surface area contributed by atoms with Crippen LogP contribution < -0.4 is 15.4 Å². The zero-order valence-electron chi connectivity index (χ0n) is 14.9. The Hall–Kier alpha value is -1.86. The van der Waals surface area contributed by atoms with Gasteiger partial charge in [0.05, 0.1) is 13.2 Å². The molecule has 1 aromatic carbocycles. The van der Waals surface area contributed by atoms with Crippen molar-refractivity contribution in [1.82, 2.24) is 15.5 Å². The number of hydrogen-bond donors (Lipinski definition) is 2. The number of piperidine rings is 1. The Balaban J connectivity index is 1.75. The maximum atomic E-state index is 12.4. The lowest BCUT2D eigenvalue weighted by molar-refractivity contribution is 0.0922. The SMILES string of the molecule is CCOc1ccc(C(=O)NC2CCN(C(=S)NCCOC)CC2)cc1. The number of ether oxygens (including phenoxy) is 2. The van der Waals surface area contributed by atoms with E-state index < -0.39 is 0 Å². The van der Waals surface area contributed by atoms with Gasteiger partial charge in [-0.2, -0.15) is 0 Å². The summed E-state index contributed by atoms with van der Waals surface area (Å²) in [7, 11) is 1.67. The third-order valence-corrected chi connectivity index (χ3v) is 4.53. The number of hydrogen-bond acceptors (Lipinski definition) is 4. The second kappa shape index (κ2) is 10.2. The van der Waals surface area contributed by atoms with Crippen LogP contribution in [0.5, 0.6) is 5.75 Å². The van der Waals surface area contributed by atoms with Crippen LogP contribution in [-0.2, 0) is 4.74 Å². The largest absolute Gasteiger partial charge is 0.494 e. The molecule has 1 aromatic rings. The van der Waals surface area contributed by atoms with Crippen LogP contribution in [0, 0.1) is 0 Å². The first-order chi connectivity index (χ1) is 12.1. The molecule has 25 heavy (non-hydrogen) atoms. The highest BCUT2D eigenvalue weighted by Crippen LogP contribution is 2.14. The van der Waals surface area contributed by atoms with Crippen LogP contribution in [0.3, 0.4) is 0 Å². The van der Waals surface area contributed by atoms with Gasteiger partial charge < -0.3 is 25.0 Å². The molecule has 2 rings (SSSR count). The molecule has 0 unspecified atom stereocenters. The van der Waals surface area contributed by atoms with Crippen LogP contribution in [0.2, 0.25) is 0 Å². The van der Waals surface area contributed by atoms with Gasteiger partial charge in [0.2, 0.25) is 0 Å². The van der Waals surface area contributed by atoms with Gasteiger partial charge in [0, 0.05) is 38.3 Å². The summed E-state index contributed by atoms with van der Waals surface area (Å²) < 4.78 is 10.4. The van der Waals surface area contributed by atoms with Crippen LogP contribution in [0.4, 0.5) is 0 Å². The first-order valence-electron chi connectivity index (χ1n) is 8.69. The maximum Gasteiger partial charge on any atom is 0.251 e. The number of carbonyl (C=O) groups excluding carboxylic acids is 1. The number of methoxy groups -OCH3 is 1. The summed E-state index contributed by atoms with van der Waals surface area (Å²) in [6.45, 7) is 5.58. The van der Waals surface area contributed by atoms with Crippen molar-refractivity contribution in [2.24, 2.45) is 0 Å². The number of likely N-dealkylation sites (tertiary alicyclic amines) is 1. The van der Waals surface area contributed by atoms with Crippen LogP contribution in [0.15, 0.2) is 24.3 Å². The number of rotatable bonds is 7. The molecular formula is C18H27N3O3S. The monoisotopic (exact) mass is 365 g/mol. The van der Waals surface area contributed by atoms with Crippen LogP contribution in [0.25, 0.3) is 0 Å². The summed E-state index contributed by atoms with van der Waals surface area (Å²) in [5.41, 5.74) is 0.655. The molecule has 1 heterocycles. The Morgan fingerprint density at radius 2 is 1.96 bits per heavy atom.